The number of aliphatic hydroxyl groups is 1. The summed E-state index contributed by atoms with van der Waals surface area (Å²) in [4.78, 5) is 2.72. The van der Waals surface area contributed by atoms with Crippen molar-refractivity contribution < 1.29 is 9.84 Å². The molecule has 0 aliphatic heterocycles. The second-order valence-corrected chi connectivity index (χ2v) is 5.88. The molecule has 0 radical (unpaired) electrons. The van der Waals surface area contributed by atoms with Gasteiger partial charge >= 0.3 is 0 Å². The Bertz CT molecular complexity index is 461. The third kappa shape index (κ3) is 4.95. The number of benzene rings is 1. The number of nitrogens with zero attached hydrogens (tertiary/aromatic N) is 1. The predicted octanol–water partition coefficient (Wildman–Crippen LogP) is 1.94. The number of hydrogen-bond acceptors (Lipinski definition) is 4. The minimum absolute atomic E-state index is 0.202. The van der Waals surface area contributed by atoms with Crippen LogP contribution in [-0.2, 0) is 0 Å². The molecule has 0 heterocycles. The molecule has 0 spiro atoms. The molecule has 0 atom stereocenters. The SMILES string of the molecule is NC(=S)c1cccc(OCCN(CCO)C2CCCC2)c1. The molecule has 5 heteroatoms. The highest BCUT2D eigenvalue weighted by Crippen LogP contribution is 2.23. The van der Waals surface area contributed by atoms with Gasteiger partial charge in [-0.15, -0.1) is 0 Å². The Morgan fingerprint density at radius 3 is 2.76 bits per heavy atom. The molecule has 0 aromatic heterocycles. The Labute approximate surface area is 131 Å². The van der Waals surface area contributed by atoms with Crippen LogP contribution in [-0.4, -0.2) is 47.3 Å². The van der Waals surface area contributed by atoms with E-state index in [4.69, 9.17) is 22.7 Å². The molecule has 0 bridgehead atoms. The number of rotatable bonds is 8. The van der Waals surface area contributed by atoms with Crippen molar-refractivity contribution in [1.82, 2.24) is 4.90 Å². The van der Waals surface area contributed by atoms with Crippen LogP contribution in [0.1, 0.15) is 31.2 Å². The fourth-order valence-electron chi connectivity index (χ4n) is 2.89. The number of thiocarbonyl (C=S) groups is 1. The van der Waals surface area contributed by atoms with Gasteiger partial charge in [0, 0.05) is 24.7 Å². The van der Waals surface area contributed by atoms with Crippen LogP contribution in [0.15, 0.2) is 24.3 Å². The van der Waals surface area contributed by atoms with E-state index >= 15 is 0 Å². The van der Waals surface area contributed by atoms with E-state index in [0.29, 0.717) is 17.6 Å². The normalized spacial score (nSPS) is 15.5. The van der Waals surface area contributed by atoms with Crippen LogP contribution in [0, 0.1) is 0 Å². The Kier molecular flexibility index (Phi) is 6.42. The second kappa shape index (κ2) is 8.32. The zero-order valence-corrected chi connectivity index (χ0v) is 13.1. The highest BCUT2D eigenvalue weighted by atomic mass is 32.1. The summed E-state index contributed by atoms with van der Waals surface area (Å²) < 4.78 is 5.79. The maximum absolute atomic E-state index is 9.20. The summed E-state index contributed by atoms with van der Waals surface area (Å²) >= 11 is 4.97. The number of ether oxygens (including phenoxy) is 1. The Morgan fingerprint density at radius 1 is 1.33 bits per heavy atom. The molecule has 2 rings (SSSR count). The Hall–Kier alpha value is -1.17. The average molecular weight is 308 g/mol. The number of nitrogens with two attached hydrogens (primary N) is 1. The lowest BCUT2D eigenvalue weighted by molar-refractivity contribution is 0.129. The molecule has 0 saturated heterocycles. The zero-order chi connectivity index (χ0) is 15.1. The van der Waals surface area contributed by atoms with Crippen LogP contribution in [0.2, 0.25) is 0 Å². The highest BCUT2D eigenvalue weighted by Gasteiger charge is 2.21. The number of hydrogen-bond donors (Lipinski definition) is 2. The van der Waals surface area contributed by atoms with E-state index in [9.17, 15) is 5.11 Å². The third-order valence-electron chi connectivity index (χ3n) is 3.99. The summed E-state index contributed by atoms with van der Waals surface area (Å²) in [5.41, 5.74) is 6.45. The van der Waals surface area contributed by atoms with Gasteiger partial charge in [-0.25, -0.2) is 0 Å². The standard InChI is InChI=1S/C16H24N2O2S/c17-16(21)13-4-3-7-15(12-13)20-11-9-18(8-10-19)14-5-1-2-6-14/h3-4,7,12,14,19H,1-2,5-6,8-11H2,(H2,17,21). The minimum Gasteiger partial charge on any atom is -0.492 e. The van der Waals surface area contributed by atoms with E-state index in [2.05, 4.69) is 4.90 Å². The van der Waals surface area contributed by atoms with Crippen LogP contribution in [0.25, 0.3) is 0 Å². The summed E-state index contributed by atoms with van der Waals surface area (Å²) in [6.45, 7) is 2.37. The van der Waals surface area contributed by atoms with Gasteiger partial charge in [-0.3, -0.25) is 4.90 Å². The molecule has 1 fully saturated rings. The van der Waals surface area contributed by atoms with Crippen LogP contribution < -0.4 is 10.5 Å². The lowest BCUT2D eigenvalue weighted by Crippen LogP contribution is -2.38. The van der Waals surface area contributed by atoms with Crippen molar-refractivity contribution in [2.45, 2.75) is 31.7 Å². The largest absolute Gasteiger partial charge is 0.492 e. The van der Waals surface area contributed by atoms with Crippen molar-refractivity contribution in [3.05, 3.63) is 29.8 Å². The van der Waals surface area contributed by atoms with Crippen molar-refractivity contribution in [3.63, 3.8) is 0 Å². The fraction of sp³-hybridized carbons (Fsp3) is 0.562. The molecule has 4 nitrogen and oxygen atoms in total. The van der Waals surface area contributed by atoms with Gasteiger partial charge in [-0.1, -0.05) is 37.2 Å². The van der Waals surface area contributed by atoms with Crippen molar-refractivity contribution in [1.29, 1.82) is 0 Å². The molecule has 0 unspecified atom stereocenters. The molecule has 1 aliphatic rings. The van der Waals surface area contributed by atoms with E-state index in [1.165, 1.54) is 25.7 Å². The van der Waals surface area contributed by atoms with Gasteiger partial charge in [0.2, 0.25) is 0 Å². The smallest absolute Gasteiger partial charge is 0.120 e. The first-order chi connectivity index (χ1) is 10.2. The van der Waals surface area contributed by atoms with E-state index in [1.54, 1.807) is 0 Å². The third-order valence-corrected chi connectivity index (χ3v) is 4.23. The molecular weight excluding hydrogens is 284 g/mol. The molecule has 1 aromatic carbocycles. The summed E-state index contributed by atoms with van der Waals surface area (Å²) in [5.74, 6) is 0.788. The van der Waals surface area contributed by atoms with Crippen LogP contribution in [0.3, 0.4) is 0 Å². The molecule has 0 amide bonds. The van der Waals surface area contributed by atoms with Gasteiger partial charge < -0.3 is 15.6 Å². The molecule has 21 heavy (non-hydrogen) atoms. The van der Waals surface area contributed by atoms with Gasteiger partial charge in [-0.05, 0) is 25.0 Å². The summed E-state index contributed by atoms with van der Waals surface area (Å²) in [6, 6.07) is 8.16. The fourth-order valence-corrected chi connectivity index (χ4v) is 3.02. The van der Waals surface area contributed by atoms with Crippen LogP contribution >= 0.6 is 12.2 Å². The van der Waals surface area contributed by atoms with E-state index in [0.717, 1.165) is 24.4 Å². The first-order valence-electron chi connectivity index (χ1n) is 7.58. The predicted molar refractivity (Wildman–Crippen MR) is 88.7 cm³/mol. The molecule has 3 N–H and O–H groups in total. The van der Waals surface area contributed by atoms with Crippen molar-refractivity contribution in [2.24, 2.45) is 5.73 Å². The first kappa shape index (κ1) is 16.2. The summed E-state index contributed by atoms with van der Waals surface area (Å²) in [5, 5.41) is 9.20. The lowest BCUT2D eigenvalue weighted by atomic mass is 10.2. The maximum atomic E-state index is 9.20. The Balaban J connectivity index is 1.83. The zero-order valence-electron chi connectivity index (χ0n) is 12.3. The van der Waals surface area contributed by atoms with Gasteiger partial charge in [0.1, 0.15) is 17.3 Å². The first-order valence-corrected chi connectivity index (χ1v) is 7.99. The average Bonchev–Trinajstić information content (AvgIpc) is 3.01. The maximum Gasteiger partial charge on any atom is 0.120 e. The van der Waals surface area contributed by atoms with Gasteiger partial charge in [-0.2, -0.15) is 0 Å². The topological polar surface area (TPSA) is 58.7 Å². The van der Waals surface area contributed by atoms with Crippen molar-refractivity contribution >= 4 is 17.2 Å². The highest BCUT2D eigenvalue weighted by molar-refractivity contribution is 7.80. The molecule has 116 valence electrons. The quantitative estimate of drug-likeness (QED) is 0.719. The molecule has 1 saturated carbocycles. The van der Waals surface area contributed by atoms with E-state index in [-0.39, 0.29) is 6.61 Å². The van der Waals surface area contributed by atoms with Crippen LogP contribution in [0.4, 0.5) is 0 Å². The van der Waals surface area contributed by atoms with Crippen LogP contribution in [0.5, 0.6) is 5.75 Å². The molecule has 1 aromatic rings. The number of aliphatic hydroxyl groups excluding tert-OH is 1. The molecular formula is C16H24N2O2S. The van der Waals surface area contributed by atoms with E-state index < -0.39 is 0 Å². The van der Waals surface area contributed by atoms with Gasteiger partial charge in [0.05, 0.1) is 6.61 Å². The van der Waals surface area contributed by atoms with Gasteiger partial charge in [0.25, 0.3) is 0 Å². The molecule has 1 aliphatic carbocycles. The summed E-state index contributed by atoms with van der Waals surface area (Å²) in [6.07, 6.45) is 5.06. The lowest BCUT2D eigenvalue weighted by Gasteiger charge is -2.27. The van der Waals surface area contributed by atoms with Gasteiger partial charge in [0.15, 0.2) is 0 Å². The second-order valence-electron chi connectivity index (χ2n) is 5.44. The van der Waals surface area contributed by atoms with Crippen molar-refractivity contribution in [2.75, 3.05) is 26.3 Å². The van der Waals surface area contributed by atoms with Crippen molar-refractivity contribution in [3.8, 4) is 5.75 Å². The summed E-state index contributed by atoms with van der Waals surface area (Å²) in [7, 11) is 0. The Morgan fingerprint density at radius 2 is 2.10 bits per heavy atom. The monoisotopic (exact) mass is 308 g/mol. The minimum atomic E-state index is 0.202. The van der Waals surface area contributed by atoms with E-state index in [1.807, 2.05) is 24.3 Å².